The zero-order valence-corrected chi connectivity index (χ0v) is 12.6. The van der Waals surface area contributed by atoms with E-state index in [0.717, 1.165) is 33.2 Å². The van der Waals surface area contributed by atoms with Crippen LogP contribution in [0.5, 0.6) is 0 Å². The highest BCUT2D eigenvalue weighted by molar-refractivity contribution is 7.15. The van der Waals surface area contributed by atoms with Gasteiger partial charge in [-0.2, -0.15) is 0 Å². The molecule has 2 aromatic carbocycles. The highest BCUT2D eigenvalue weighted by Crippen LogP contribution is 2.30. The average Bonchev–Trinajstić information content (AvgIpc) is 3.17. The van der Waals surface area contributed by atoms with Gasteiger partial charge < -0.3 is 5.73 Å². The molecule has 4 nitrogen and oxygen atoms in total. The van der Waals surface area contributed by atoms with Crippen LogP contribution >= 0.6 is 11.3 Å². The second-order valence-corrected chi connectivity index (χ2v) is 5.87. The minimum atomic E-state index is 0.545. The lowest BCUT2D eigenvalue weighted by molar-refractivity contribution is 1.07. The van der Waals surface area contributed by atoms with Crippen molar-refractivity contribution in [1.82, 2.24) is 14.6 Å². The second kappa shape index (κ2) is 5.36. The summed E-state index contributed by atoms with van der Waals surface area (Å²) in [6.07, 6.45) is 0. The monoisotopic (exact) mass is 306 g/mol. The Morgan fingerprint density at radius 3 is 2.41 bits per heavy atom. The third-order valence-electron chi connectivity index (χ3n) is 3.67. The van der Waals surface area contributed by atoms with Crippen LogP contribution in [0.3, 0.4) is 0 Å². The molecule has 0 unspecified atom stereocenters. The van der Waals surface area contributed by atoms with Crippen LogP contribution in [0, 0.1) is 0 Å². The summed E-state index contributed by atoms with van der Waals surface area (Å²) >= 11 is 1.60. The molecule has 4 rings (SSSR count). The predicted octanol–water partition coefficient (Wildman–Crippen LogP) is 3.58. The average molecular weight is 306 g/mol. The smallest absolute Gasteiger partial charge is 0.216 e. The SMILES string of the molecule is NCc1ccc(-c2nnc3scc(-c4ccccc4)n23)cc1. The van der Waals surface area contributed by atoms with Gasteiger partial charge in [0.1, 0.15) is 0 Å². The first-order valence-corrected chi connectivity index (χ1v) is 7.92. The van der Waals surface area contributed by atoms with Crippen molar-refractivity contribution in [3.63, 3.8) is 0 Å². The molecule has 5 heteroatoms. The normalized spacial score (nSPS) is 11.1. The van der Waals surface area contributed by atoms with Gasteiger partial charge in [-0.05, 0) is 11.1 Å². The highest BCUT2D eigenvalue weighted by atomic mass is 32.1. The van der Waals surface area contributed by atoms with Gasteiger partial charge in [-0.1, -0.05) is 54.6 Å². The van der Waals surface area contributed by atoms with Gasteiger partial charge >= 0.3 is 0 Å². The van der Waals surface area contributed by atoms with Crippen molar-refractivity contribution < 1.29 is 0 Å². The van der Waals surface area contributed by atoms with Crippen molar-refractivity contribution in [2.24, 2.45) is 5.73 Å². The lowest BCUT2D eigenvalue weighted by Gasteiger charge is -2.04. The van der Waals surface area contributed by atoms with E-state index in [4.69, 9.17) is 5.73 Å². The van der Waals surface area contributed by atoms with Gasteiger partial charge in [-0.3, -0.25) is 4.40 Å². The Balaban J connectivity index is 1.90. The van der Waals surface area contributed by atoms with E-state index in [1.54, 1.807) is 11.3 Å². The number of hydrogen-bond donors (Lipinski definition) is 1. The molecule has 0 aliphatic carbocycles. The van der Waals surface area contributed by atoms with Crippen LogP contribution in [0.1, 0.15) is 5.56 Å². The summed E-state index contributed by atoms with van der Waals surface area (Å²) in [4.78, 5) is 0.900. The van der Waals surface area contributed by atoms with Crippen LogP contribution in [-0.2, 0) is 6.54 Å². The van der Waals surface area contributed by atoms with Gasteiger partial charge in [0.15, 0.2) is 5.82 Å². The maximum atomic E-state index is 5.66. The van der Waals surface area contributed by atoms with Gasteiger partial charge in [-0.15, -0.1) is 21.5 Å². The van der Waals surface area contributed by atoms with Crippen molar-refractivity contribution in [2.75, 3.05) is 0 Å². The summed E-state index contributed by atoms with van der Waals surface area (Å²) in [5.74, 6) is 0.860. The largest absolute Gasteiger partial charge is 0.326 e. The minimum absolute atomic E-state index is 0.545. The Morgan fingerprint density at radius 1 is 0.909 bits per heavy atom. The lowest BCUT2D eigenvalue weighted by Crippen LogP contribution is -1.96. The molecule has 0 saturated heterocycles. The molecule has 0 aliphatic heterocycles. The van der Waals surface area contributed by atoms with Crippen LogP contribution in [0.15, 0.2) is 60.0 Å². The Bertz CT molecular complexity index is 907. The summed E-state index contributed by atoms with van der Waals surface area (Å²) in [6, 6.07) is 18.5. The van der Waals surface area contributed by atoms with Crippen molar-refractivity contribution >= 4 is 16.3 Å². The Kier molecular flexibility index (Phi) is 3.21. The van der Waals surface area contributed by atoms with Crippen LogP contribution in [0.25, 0.3) is 27.6 Å². The fourth-order valence-corrected chi connectivity index (χ4v) is 3.34. The zero-order chi connectivity index (χ0) is 14.9. The summed E-state index contributed by atoms with van der Waals surface area (Å²) in [7, 11) is 0. The number of rotatable bonds is 3. The molecule has 0 atom stereocenters. The lowest BCUT2D eigenvalue weighted by atomic mass is 10.1. The molecular formula is C17H14N4S. The molecule has 0 saturated carbocycles. The topological polar surface area (TPSA) is 56.2 Å². The van der Waals surface area contributed by atoms with Crippen molar-refractivity contribution in [3.8, 4) is 22.6 Å². The summed E-state index contributed by atoms with van der Waals surface area (Å²) in [6.45, 7) is 0.545. The number of nitrogens with two attached hydrogens (primary N) is 1. The summed E-state index contributed by atoms with van der Waals surface area (Å²) in [5, 5.41) is 10.8. The fourth-order valence-electron chi connectivity index (χ4n) is 2.51. The first-order chi connectivity index (χ1) is 10.9. The van der Waals surface area contributed by atoms with E-state index in [1.165, 1.54) is 0 Å². The van der Waals surface area contributed by atoms with Gasteiger partial charge in [0.2, 0.25) is 4.96 Å². The molecule has 0 fully saturated rings. The Morgan fingerprint density at radius 2 is 1.68 bits per heavy atom. The van der Waals surface area contributed by atoms with E-state index >= 15 is 0 Å². The molecule has 108 valence electrons. The number of fused-ring (bicyclic) bond motifs is 1. The second-order valence-electron chi connectivity index (χ2n) is 5.03. The van der Waals surface area contributed by atoms with Crippen LogP contribution < -0.4 is 5.73 Å². The van der Waals surface area contributed by atoms with Gasteiger partial charge in [0.25, 0.3) is 0 Å². The summed E-state index contributed by atoms with van der Waals surface area (Å²) < 4.78 is 2.11. The van der Waals surface area contributed by atoms with Gasteiger partial charge in [0, 0.05) is 17.5 Å². The zero-order valence-electron chi connectivity index (χ0n) is 11.8. The molecule has 0 spiro atoms. The van der Waals surface area contributed by atoms with Crippen LogP contribution in [0.2, 0.25) is 0 Å². The maximum Gasteiger partial charge on any atom is 0.216 e. The minimum Gasteiger partial charge on any atom is -0.326 e. The molecule has 2 aromatic heterocycles. The van der Waals surface area contributed by atoms with E-state index < -0.39 is 0 Å². The number of aromatic nitrogens is 3. The Hall–Kier alpha value is -2.50. The highest BCUT2D eigenvalue weighted by Gasteiger charge is 2.14. The van der Waals surface area contributed by atoms with E-state index in [2.05, 4.69) is 32.1 Å². The maximum absolute atomic E-state index is 5.66. The van der Waals surface area contributed by atoms with Crippen molar-refractivity contribution in [2.45, 2.75) is 6.54 Å². The fraction of sp³-hybridized carbons (Fsp3) is 0.0588. The molecular weight excluding hydrogens is 292 g/mol. The number of benzene rings is 2. The first kappa shape index (κ1) is 13.2. The molecule has 2 N–H and O–H groups in total. The first-order valence-electron chi connectivity index (χ1n) is 7.04. The van der Waals surface area contributed by atoms with E-state index in [0.29, 0.717) is 6.54 Å². The van der Waals surface area contributed by atoms with Crippen LogP contribution in [-0.4, -0.2) is 14.6 Å². The van der Waals surface area contributed by atoms with E-state index in [1.807, 2.05) is 42.5 Å². The quantitative estimate of drug-likeness (QED) is 0.629. The number of nitrogens with zero attached hydrogens (tertiary/aromatic N) is 3. The number of thiazole rings is 1. The van der Waals surface area contributed by atoms with Crippen LogP contribution in [0.4, 0.5) is 0 Å². The van der Waals surface area contributed by atoms with Gasteiger partial charge in [-0.25, -0.2) is 0 Å². The van der Waals surface area contributed by atoms with Gasteiger partial charge in [0.05, 0.1) is 5.69 Å². The third kappa shape index (κ3) is 2.11. The molecule has 0 aliphatic rings. The predicted molar refractivity (Wildman–Crippen MR) is 89.6 cm³/mol. The standard InChI is InChI=1S/C17H14N4S/c18-10-12-6-8-14(9-7-12)16-19-20-17-21(16)15(11-22-17)13-4-2-1-3-5-13/h1-9,11H,10,18H2. The molecule has 2 heterocycles. The third-order valence-corrected chi connectivity index (χ3v) is 4.48. The van der Waals surface area contributed by atoms with E-state index in [9.17, 15) is 0 Å². The Labute approximate surface area is 131 Å². The summed E-state index contributed by atoms with van der Waals surface area (Å²) in [5.41, 5.74) is 10.1. The molecule has 0 amide bonds. The van der Waals surface area contributed by atoms with E-state index in [-0.39, 0.29) is 0 Å². The molecule has 22 heavy (non-hydrogen) atoms. The molecule has 0 radical (unpaired) electrons. The molecule has 4 aromatic rings. The molecule has 0 bridgehead atoms. The number of hydrogen-bond acceptors (Lipinski definition) is 4. The van der Waals surface area contributed by atoms with Crippen molar-refractivity contribution in [1.29, 1.82) is 0 Å². The van der Waals surface area contributed by atoms with Crippen molar-refractivity contribution in [3.05, 3.63) is 65.5 Å².